The molecule has 5 nitrogen and oxygen atoms in total. The molecule has 1 aliphatic heterocycles. The summed E-state index contributed by atoms with van der Waals surface area (Å²) in [6.07, 6.45) is 2.99. The molecule has 17 heavy (non-hydrogen) atoms. The number of amides is 1. The van der Waals surface area contributed by atoms with Crippen LogP contribution >= 0.6 is 0 Å². The smallest absolute Gasteiger partial charge is 0.226 e. The zero-order valence-corrected chi connectivity index (χ0v) is 10.8. The molecule has 2 aliphatic rings. The van der Waals surface area contributed by atoms with Gasteiger partial charge in [-0.1, -0.05) is 6.42 Å². The first-order valence-corrected chi connectivity index (χ1v) is 8.05. The van der Waals surface area contributed by atoms with Crippen molar-refractivity contribution in [2.45, 2.75) is 19.3 Å². The van der Waals surface area contributed by atoms with E-state index in [-0.39, 0.29) is 23.3 Å². The Morgan fingerprint density at radius 1 is 1.24 bits per heavy atom. The minimum atomic E-state index is -2.91. The lowest BCUT2D eigenvalue weighted by atomic mass is 9.95. The molecule has 2 atom stereocenters. The fraction of sp³-hybridized carbons (Fsp3) is 0.909. The van der Waals surface area contributed by atoms with Crippen LogP contribution in [-0.4, -0.2) is 50.4 Å². The van der Waals surface area contributed by atoms with E-state index < -0.39 is 9.84 Å². The van der Waals surface area contributed by atoms with Gasteiger partial charge in [-0.2, -0.15) is 0 Å². The monoisotopic (exact) mass is 260 g/mol. The van der Waals surface area contributed by atoms with E-state index in [0.717, 1.165) is 19.3 Å². The van der Waals surface area contributed by atoms with Crippen molar-refractivity contribution in [3.05, 3.63) is 0 Å². The summed E-state index contributed by atoms with van der Waals surface area (Å²) in [4.78, 5) is 14.0. The van der Waals surface area contributed by atoms with E-state index in [1.165, 1.54) is 0 Å². The maximum Gasteiger partial charge on any atom is 0.226 e. The fourth-order valence-corrected chi connectivity index (χ4v) is 4.01. The van der Waals surface area contributed by atoms with Crippen LogP contribution in [0.1, 0.15) is 19.3 Å². The number of nitrogens with zero attached hydrogens (tertiary/aromatic N) is 1. The zero-order valence-electron chi connectivity index (χ0n) is 9.97. The van der Waals surface area contributed by atoms with E-state index in [2.05, 4.69) is 0 Å². The molecule has 1 amide bonds. The van der Waals surface area contributed by atoms with Gasteiger partial charge in [0.1, 0.15) is 0 Å². The third-order valence-corrected chi connectivity index (χ3v) is 5.54. The van der Waals surface area contributed by atoms with Crippen LogP contribution in [0.15, 0.2) is 0 Å². The van der Waals surface area contributed by atoms with Crippen LogP contribution < -0.4 is 5.73 Å². The lowest BCUT2D eigenvalue weighted by Crippen LogP contribution is -2.47. The summed E-state index contributed by atoms with van der Waals surface area (Å²) in [7, 11) is -2.91. The number of hydrogen-bond acceptors (Lipinski definition) is 4. The number of nitrogens with two attached hydrogens (primary N) is 1. The molecule has 98 valence electrons. The summed E-state index contributed by atoms with van der Waals surface area (Å²) in [5.74, 6) is 0.659. The number of carbonyl (C=O) groups excluding carboxylic acids is 1. The van der Waals surface area contributed by atoms with Gasteiger partial charge in [-0.3, -0.25) is 4.79 Å². The first kappa shape index (κ1) is 12.8. The lowest BCUT2D eigenvalue weighted by molar-refractivity contribution is -0.136. The Kier molecular flexibility index (Phi) is 3.73. The summed E-state index contributed by atoms with van der Waals surface area (Å²) in [6, 6.07) is 0. The van der Waals surface area contributed by atoms with Crippen LogP contribution in [0.2, 0.25) is 0 Å². The van der Waals surface area contributed by atoms with Gasteiger partial charge in [0.05, 0.1) is 11.5 Å². The van der Waals surface area contributed by atoms with E-state index in [1.807, 2.05) is 0 Å². The molecule has 1 heterocycles. The van der Waals surface area contributed by atoms with E-state index in [0.29, 0.717) is 25.6 Å². The molecule has 2 fully saturated rings. The maximum atomic E-state index is 12.3. The molecule has 0 unspecified atom stereocenters. The van der Waals surface area contributed by atoms with Crippen molar-refractivity contribution < 1.29 is 13.2 Å². The van der Waals surface area contributed by atoms with Gasteiger partial charge in [0.25, 0.3) is 0 Å². The van der Waals surface area contributed by atoms with Crippen LogP contribution in [0.3, 0.4) is 0 Å². The van der Waals surface area contributed by atoms with Crippen molar-refractivity contribution in [1.82, 2.24) is 4.90 Å². The van der Waals surface area contributed by atoms with E-state index in [9.17, 15) is 13.2 Å². The molecule has 1 saturated carbocycles. The molecule has 0 bridgehead atoms. The first-order valence-electron chi connectivity index (χ1n) is 6.23. The summed E-state index contributed by atoms with van der Waals surface area (Å²) >= 11 is 0. The van der Waals surface area contributed by atoms with Gasteiger partial charge >= 0.3 is 0 Å². The van der Waals surface area contributed by atoms with Crippen LogP contribution in [0, 0.1) is 11.8 Å². The molecule has 0 spiro atoms. The van der Waals surface area contributed by atoms with E-state index >= 15 is 0 Å². The molecular weight excluding hydrogens is 240 g/mol. The topological polar surface area (TPSA) is 80.5 Å². The predicted molar refractivity (Wildman–Crippen MR) is 65.1 cm³/mol. The van der Waals surface area contributed by atoms with Gasteiger partial charge in [-0.25, -0.2) is 8.42 Å². The van der Waals surface area contributed by atoms with Crippen molar-refractivity contribution in [2.24, 2.45) is 17.6 Å². The number of sulfone groups is 1. The quantitative estimate of drug-likeness (QED) is 0.734. The molecule has 1 saturated heterocycles. The van der Waals surface area contributed by atoms with Crippen LogP contribution in [-0.2, 0) is 14.6 Å². The highest BCUT2D eigenvalue weighted by Crippen LogP contribution is 2.32. The Morgan fingerprint density at radius 3 is 2.47 bits per heavy atom. The average Bonchev–Trinajstić information content (AvgIpc) is 2.76. The highest BCUT2D eigenvalue weighted by Gasteiger charge is 2.36. The van der Waals surface area contributed by atoms with Gasteiger partial charge in [-0.05, 0) is 25.3 Å². The predicted octanol–water partition coefficient (Wildman–Crippen LogP) is -0.382. The number of rotatable bonds is 2. The third-order valence-electron chi connectivity index (χ3n) is 3.94. The molecule has 0 aromatic rings. The minimum Gasteiger partial charge on any atom is -0.340 e. The summed E-state index contributed by atoms with van der Waals surface area (Å²) in [5, 5.41) is 0. The zero-order chi connectivity index (χ0) is 12.5. The first-order chi connectivity index (χ1) is 8.03. The van der Waals surface area contributed by atoms with Crippen molar-refractivity contribution in [3.63, 3.8) is 0 Å². The third kappa shape index (κ3) is 2.80. The summed E-state index contributed by atoms with van der Waals surface area (Å²) < 4.78 is 22.6. The van der Waals surface area contributed by atoms with Crippen LogP contribution in [0.25, 0.3) is 0 Å². The van der Waals surface area contributed by atoms with E-state index in [1.54, 1.807) is 4.90 Å². The Balaban J connectivity index is 1.97. The molecule has 0 aromatic heterocycles. The standard InChI is InChI=1S/C11H20N2O3S/c12-8-9-2-1-3-10(9)11(14)13-4-6-17(15,16)7-5-13/h9-10H,1-8,12H2/t9-,10-/m1/s1. The largest absolute Gasteiger partial charge is 0.340 e. The summed E-state index contributed by atoms with van der Waals surface area (Å²) in [6.45, 7) is 1.27. The van der Waals surface area contributed by atoms with Gasteiger partial charge in [-0.15, -0.1) is 0 Å². The van der Waals surface area contributed by atoms with Crippen LogP contribution in [0.4, 0.5) is 0 Å². The minimum absolute atomic E-state index is 0.0285. The maximum absolute atomic E-state index is 12.3. The Morgan fingerprint density at radius 2 is 1.88 bits per heavy atom. The second-order valence-electron chi connectivity index (χ2n) is 5.01. The molecule has 2 N–H and O–H groups in total. The SMILES string of the molecule is NC[C@H]1CCC[C@H]1C(=O)N1CCS(=O)(=O)CC1. The lowest BCUT2D eigenvalue weighted by Gasteiger charge is -2.30. The highest BCUT2D eigenvalue weighted by atomic mass is 32.2. The van der Waals surface area contributed by atoms with Gasteiger partial charge in [0.2, 0.25) is 5.91 Å². The van der Waals surface area contributed by atoms with E-state index in [4.69, 9.17) is 5.73 Å². The second-order valence-corrected chi connectivity index (χ2v) is 7.31. The molecule has 0 radical (unpaired) electrons. The van der Waals surface area contributed by atoms with Crippen molar-refractivity contribution >= 4 is 15.7 Å². The molecule has 6 heteroatoms. The molecular formula is C11H20N2O3S. The number of carbonyl (C=O) groups is 1. The Bertz CT molecular complexity index is 380. The normalized spacial score (nSPS) is 32.6. The molecule has 1 aliphatic carbocycles. The molecule has 0 aromatic carbocycles. The molecule has 2 rings (SSSR count). The average molecular weight is 260 g/mol. The fourth-order valence-electron chi connectivity index (χ4n) is 2.81. The summed E-state index contributed by atoms with van der Waals surface area (Å²) in [5.41, 5.74) is 5.67. The number of hydrogen-bond donors (Lipinski definition) is 1. The Hall–Kier alpha value is -0.620. The van der Waals surface area contributed by atoms with Crippen molar-refractivity contribution in [3.8, 4) is 0 Å². The second kappa shape index (κ2) is 4.94. The van der Waals surface area contributed by atoms with Crippen molar-refractivity contribution in [2.75, 3.05) is 31.1 Å². The Labute approximate surface area is 102 Å². The van der Waals surface area contributed by atoms with Crippen LogP contribution in [0.5, 0.6) is 0 Å². The van der Waals surface area contributed by atoms with Gasteiger partial charge in [0.15, 0.2) is 9.84 Å². The van der Waals surface area contributed by atoms with Gasteiger partial charge < -0.3 is 10.6 Å². The van der Waals surface area contributed by atoms with Crippen molar-refractivity contribution in [1.29, 1.82) is 0 Å². The highest BCUT2D eigenvalue weighted by molar-refractivity contribution is 7.91. The van der Waals surface area contributed by atoms with Gasteiger partial charge in [0, 0.05) is 19.0 Å².